The number of anilines is 1. The van der Waals surface area contributed by atoms with Crippen molar-refractivity contribution in [3.05, 3.63) is 94.0 Å². The Labute approximate surface area is 190 Å². The van der Waals surface area contributed by atoms with Gasteiger partial charge in [0.2, 0.25) is 0 Å². The summed E-state index contributed by atoms with van der Waals surface area (Å²) in [5.74, 6) is -1.22. The number of ether oxygens (including phenoxy) is 2. The van der Waals surface area contributed by atoms with E-state index < -0.39 is 18.5 Å². The first-order chi connectivity index (χ1) is 15.8. The Kier molecular flexibility index (Phi) is 6.04. The minimum absolute atomic E-state index is 0.218. The van der Waals surface area contributed by atoms with Crippen molar-refractivity contribution in [1.29, 1.82) is 0 Å². The molecule has 0 aliphatic heterocycles. The van der Waals surface area contributed by atoms with Gasteiger partial charge in [-0.05, 0) is 49.2 Å². The summed E-state index contributed by atoms with van der Waals surface area (Å²) in [5.41, 5.74) is 3.40. The van der Waals surface area contributed by atoms with Gasteiger partial charge in [0, 0.05) is 27.9 Å². The Morgan fingerprint density at radius 1 is 0.788 bits per heavy atom. The van der Waals surface area contributed by atoms with E-state index in [-0.39, 0.29) is 29.3 Å². The lowest BCUT2D eigenvalue weighted by molar-refractivity contribution is -0.149. The minimum Gasteiger partial charge on any atom is -0.482 e. The lowest BCUT2D eigenvalue weighted by Crippen LogP contribution is -2.24. The monoisotopic (exact) mass is 443 g/mol. The second-order valence-electron chi connectivity index (χ2n) is 7.73. The standard InChI is InChI=1S/C26H21NO6/c1-15-7-8-16(2)22(11-15)32-14-24(29)33-13-23(28)27-17-9-10-20-21(12-17)26(31)19-6-4-3-5-18(19)25(20)30/h3-12H,13-14H2,1-2H3,(H,27,28). The molecule has 3 aromatic carbocycles. The van der Waals surface area contributed by atoms with Crippen molar-refractivity contribution in [1.82, 2.24) is 0 Å². The summed E-state index contributed by atoms with van der Waals surface area (Å²) in [6, 6.07) is 16.7. The zero-order valence-corrected chi connectivity index (χ0v) is 18.1. The van der Waals surface area contributed by atoms with Gasteiger partial charge in [-0.2, -0.15) is 0 Å². The molecular weight excluding hydrogens is 422 g/mol. The minimum atomic E-state index is -0.686. The van der Waals surface area contributed by atoms with E-state index in [1.54, 1.807) is 24.3 Å². The van der Waals surface area contributed by atoms with E-state index in [1.807, 2.05) is 32.0 Å². The molecule has 166 valence electrons. The van der Waals surface area contributed by atoms with E-state index in [4.69, 9.17) is 9.47 Å². The van der Waals surface area contributed by atoms with Crippen molar-refractivity contribution >= 4 is 29.1 Å². The summed E-state index contributed by atoms with van der Waals surface area (Å²) in [6.45, 7) is 2.94. The summed E-state index contributed by atoms with van der Waals surface area (Å²) in [7, 11) is 0. The van der Waals surface area contributed by atoms with Crippen molar-refractivity contribution in [3.63, 3.8) is 0 Å². The molecule has 0 unspecified atom stereocenters. The molecule has 4 rings (SSSR count). The molecule has 33 heavy (non-hydrogen) atoms. The largest absolute Gasteiger partial charge is 0.482 e. The van der Waals surface area contributed by atoms with Crippen LogP contribution in [0.5, 0.6) is 5.75 Å². The first kappa shape index (κ1) is 22.0. The van der Waals surface area contributed by atoms with E-state index in [9.17, 15) is 19.2 Å². The van der Waals surface area contributed by atoms with Crippen LogP contribution in [-0.4, -0.2) is 36.7 Å². The van der Waals surface area contributed by atoms with Crippen LogP contribution in [0.1, 0.15) is 43.0 Å². The summed E-state index contributed by atoms with van der Waals surface area (Å²) in [6.07, 6.45) is 0. The van der Waals surface area contributed by atoms with Gasteiger partial charge in [-0.15, -0.1) is 0 Å². The number of aryl methyl sites for hydroxylation is 2. The number of ketones is 2. The summed E-state index contributed by atoms with van der Waals surface area (Å²) < 4.78 is 10.4. The van der Waals surface area contributed by atoms with Crippen LogP contribution in [0.3, 0.4) is 0 Å². The van der Waals surface area contributed by atoms with Gasteiger partial charge in [0.25, 0.3) is 5.91 Å². The number of benzene rings is 3. The number of carbonyl (C=O) groups excluding carboxylic acids is 4. The number of nitrogens with one attached hydrogen (secondary N) is 1. The van der Waals surface area contributed by atoms with Gasteiger partial charge in [0.1, 0.15) is 5.75 Å². The molecule has 7 nitrogen and oxygen atoms in total. The highest BCUT2D eigenvalue weighted by atomic mass is 16.6. The Morgan fingerprint density at radius 3 is 2.18 bits per heavy atom. The Balaban J connectivity index is 1.35. The van der Waals surface area contributed by atoms with Crippen molar-refractivity contribution in [2.45, 2.75) is 13.8 Å². The van der Waals surface area contributed by atoms with Crippen LogP contribution < -0.4 is 10.1 Å². The van der Waals surface area contributed by atoms with Crippen molar-refractivity contribution < 1.29 is 28.7 Å². The fourth-order valence-electron chi connectivity index (χ4n) is 3.56. The first-order valence-electron chi connectivity index (χ1n) is 10.3. The van der Waals surface area contributed by atoms with Crippen LogP contribution >= 0.6 is 0 Å². The predicted octanol–water partition coefficient (Wildman–Crippen LogP) is 3.64. The molecule has 7 heteroatoms. The molecule has 1 N–H and O–H groups in total. The van der Waals surface area contributed by atoms with Crippen molar-refractivity contribution in [3.8, 4) is 5.75 Å². The molecule has 0 saturated carbocycles. The average Bonchev–Trinajstić information content (AvgIpc) is 2.81. The predicted molar refractivity (Wildman–Crippen MR) is 121 cm³/mol. The highest BCUT2D eigenvalue weighted by molar-refractivity contribution is 6.28. The molecule has 0 aromatic heterocycles. The number of fused-ring (bicyclic) bond motifs is 2. The maximum atomic E-state index is 12.8. The van der Waals surface area contributed by atoms with Gasteiger partial charge in [0.05, 0.1) is 0 Å². The highest BCUT2D eigenvalue weighted by Gasteiger charge is 2.29. The third-order valence-corrected chi connectivity index (χ3v) is 5.26. The Bertz CT molecular complexity index is 1290. The quantitative estimate of drug-likeness (QED) is 0.457. The van der Waals surface area contributed by atoms with Gasteiger partial charge in [-0.1, -0.05) is 36.4 Å². The maximum Gasteiger partial charge on any atom is 0.344 e. The lowest BCUT2D eigenvalue weighted by atomic mass is 9.84. The molecule has 0 fully saturated rings. The lowest BCUT2D eigenvalue weighted by Gasteiger charge is -2.18. The number of hydrogen-bond donors (Lipinski definition) is 1. The van der Waals surface area contributed by atoms with Crippen LogP contribution in [0.25, 0.3) is 0 Å². The number of esters is 1. The topological polar surface area (TPSA) is 98.8 Å². The number of amides is 1. The third-order valence-electron chi connectivity index (χ3n) is 5.26. The van der Waals surface area contributed by atoms with Gasteiger partial charge < -0.3 is 14.8 Å². The van der Waals surface area contributed by atoms with E-state index in [0.29, 0.717) is 22.6 Å². The first-order valence-corrected chi connectivity index (χ1v) is 10.3. The van der Waals surface area contributed by atoms with Crippen molar-refractivity contribution in [2.24, 2.45) is 0 Å². The molecule has 1 aliphatic carbocycles. The maximum absolute atomic E-state index is 12.8. The molecule has 1 aliphatic rings. The molecule has 0 radical (unpaired) electrons. The fraction of sp³-hybridized carbons (Fsp3) is 0.154. The molecule has 0 atom stereocenters. The average molecular weight is 443 g/mol. The van der Waals surface area contributed by atoms with Gasteiger partial charge in [-0.25, -0.2) is 4.79 Å². The Morgan fingerprint density at radius 2 is 1.45 bits per heavy atom. The number of carbonyl (C=O) groups is 4. The molecule has 1 amide bonds. The summed E-state index contributed by atoms with van der Waals surface area (Å²) >= 11 is 0. The molecule has 0 saturated heterocycles. The highest BCUT2D eigenvalue weighted by Crippen LogP contribution is 2.29. The number of rotatable bonds is 6. The number of hydrogen-bond acceptors (Lipinski definition) is 6. The third kappa shape index (κ3) is 4.67. The van der Waals surface area contributed by atoms with Gasteiger partial charge in [-0.3, -0.25) is 14.4 Å². The Hall–Kier alpha value is -4.26. The molecule has 0 heterocycles. The molecule has 3 aromatic rings. The molecule has 0 spiro atoms. The fourth-order valence-corrected chi connectivity index (χ4v) is 3.56. The molecule has 0 bridgehead atoms. The normalized spacial score (nSPS) is 11.9. The van der Waals surface area contributed by atoms with E-state index in [1.165, 1.54) is 18.2 Å². The van der Waals surface area contributed by atoms with Crippen LogP contribution in [0.2, 0.25) is 0 Å². The van der Waals surface area contributed by atoms with E-state index in [0.717, 1.165) is 11.1 Å². The van der Waals surface area contributed by atoms with Crippen LogP contribution in [-0.2, 0) is 14.3 Å². The van der Waals surface area contributed by atoms with Crippen LogP contribution in [0.4, 0.5) is 5.69 Å². The zero-order chi connectivity index (χ0) is 23.5. The van der Waals surface area contributed by atoms with E-state index in [2.05, 4.69) is 5.32 Å². The second-order valence-corrected chi connectivity index (χ2v) is 7.73. The zero-order valence-electron chi connectivity index (χ0n) is 18.1. The summed E-state index contributed by atoms with van der Waals surface area (Å²) in [5, 5.41) is 2.58. The second kappa shape index (κ2) is 9.08. The molecular formula is C26H21NO6. The van der Waals surface area contributed by atoms with Crippen LogP contribution in [0.15, 0.2) is 60.7 Å². The smallest absolute Gasteiger partial charge is 0.344 e. The summed E-state index contributed by atoms with van der Waals surface area (Å²) in [4.78, 5) is 49.6. The van der Waals surface area contributed by atoms with Crippen molar-refractivity contribution in [2.75, 3.05) is 18.5 Å². The van der Waals surface area contributed by atoms with Gasteiger partial charge >= 0.3 is 5.97 Å². The van der Waals surface area contributed by atoms with Gasteiger partial charge in [0.15, 0.2) is 24.8 Å². The van der Waals surface area contributed by atoms with Crippen LogP contribution in [0, 0.1) is 13.8 Å². The SMILES string of the molecule is Cc1ccc(C)c(OCC(=O)OCC(=O)Nc2ccc3c(c2)C(=O)c2ccccc2C3=O)c1. The van der Waals surface area contributed by atoms with E-state index >= 15 is 0 Å².